The van der Waals surface area contributed by atoms with Crippen molar-refractivity contribution in [2.45, 2.75) is 25.8 Å². The summed E-state index contributed by atoms with van der Waals surface area (Å²) in [6, 6.07) is 3.97. The van der Waals surface area contributed by atoms with E-state index in [9.17, 15) is 8.78 Å². The van der Waals surface area contributed by atoms with Crippen LogP contribution in [0.15, 0.2) is 18.2 Å². The summed E-state index contributed by atoms with van der Waals surface area (Å²) >= 11 is 0. The molecule has 0 saturated carbocycles. The maximum absolute atomic E-state index is 13.1. The second kappa shape index (κ2) is 7.35. The van der Waals surface area contributed by atoms with E-state index in [2.05, 4.69) is 5.32 Å². The highest BCUT2D eigenvalue weighted by atomic mass is 19.2. The molecule has 0 aromatic heterocycles. The van der Waals surface area contributed by atoms with E-state index in [-0.39, 0.29) is 6.04 Å². The van der Waals surface area contributed by atoms with Gasteiger partial charge in [0.05, 0.1) is 0 Å². The molecule has 17 heavy (non-hydrogen) atoms. The van der Waals surface area contributed by atoms with E-state index in [1.54, 1.807) is 13.1 Å². The first kappa shape index (κ1) is 14.1. The minimum absolute atomic E-state index is 0.0121. The van der Waals surface area contributed by atoms with Crippen LogP contribution in [-0.2, 0) is 4.74 Å². The van der Waals surface area contributed by atoms with Crippen molar-refractivity contribution in [2.75, 3.05) is 20.3 Å². The lowest BCUT2D eigenvalue weighted by Crippen LogP contribution is -2.18. The Hall–Kier alpha value is -1.00. The lowest BCUT2D eigenvalue weighted by molar-refractivity contribution is 0.125. The molecule has 1 unspecified atom stereocenters. The van der Waals surface area contributed by atoms with Crippen LogP contribution in [0.1, 0.15) is 31.4 Å². The second-order valence-corrected chi connectivity index (χ2v) is 3.92. The van der Waals surface area contributed by atoms with Gasteiger partial charge in [-0.25, -0.2) is 8.78 Å². The largest absolute Gasteiger partial charge is 0.381 e. The van der Waals surface area contributed by atoms with Gasteiger partial charge in [-0.1, -0.05) is 13.0 Å². The summed E-state index contributed by atoms with van der Waals surface area (Å²) in [6.07, 6.45) is 1.72. The highest BCUT2D eigenvalue weighted by Crippen LogP contribution is 2.19. The third-order valence-corrected chi connectivity index (χ3v) is 2.59. The first-order valence-corrected chi connectivity index (χ1v) is 5.89. The molecule has 2 nitrogen and oxygen atoms in total. The first-order valence-electron chi connectivity index (χ1n) is 5.89. The molecule has 0 saturated heterocycles. The van der Waals surface area contributed by atoms with Crippen LogP contribution in [-0.4, -0.2) is 20.3 Å². The maximum Gasteiger partial charge on any atom is 0.159 e. The minimum atomic E-state index is -0.814. The number of hydrogen-bond donors (Lipinski definition) is 1. The fourth-order valence-electron chi connectivity index (χ4n) is 1.65. The number of nitrogens with one attached hydrogen (secondary N) is 1. The van der Waals surface area contributed by atoms with E-state index in [1.807, 2.05) is 6.92 Å². The average Bonchev–Trinajstić information content (AvgIpc) is 2.33. The van der Waals surface area contributed by atoms with Crippen molar-refractivity contribution in [1.82, 2.24) is 5.32 Å². The SMILES string of the molecule is CCCOCCC(NC)c1ccc(F)c(F)c1. The van der Waals surface area contributed by atoms with Crippen LogP contribution in [0.3, 0.4) is 0 Å². The molecule has 0 aliphatic carbocycles. The summed E-state index contributed by atoms with van der Waals surface area (Å²) in [7, 11) is 1.80. The summed E-state index contributed by atoms with van der Waals surface area (Å²) in [4.78, 5) is 0. The van der Waals surface area contributed by atoms with Gasteiger partial charge in [-0.15, -0.1) is 0 Å². The zero-order chi connectivity index (χ0) is 12.7. The van der Waals surface area contributed by atoms with Crippen molar-refractivity contribution in [2.24, 2.45) is 0 Å². The van der Waals surface area contributed by atoms with Crippen molar-refractivity contribution in [3.63, 3.8) is 0 Å². The fraction of sp³-hybridized carbons (Fsp3) is 0.538. The molecule has 0 heterocycles. The lowest BCUT2D eigenvalue weighted by atomic mass is 10.0. The van der Waals surface area contributed by atoms with E-state index in [0.29, 0.717) is 6.61 Å². The quantitative estimate of drug-likeness (QED) is 0.743. The molecule has 0 bridgehead atoms. The third kappa shape index (κ3) is 4.40. The highest BCUT2D eigenvalue weighted by Gasteiger charge is 2.11. The Morgan fingerprint density at radius 1 is 1.24 bits per heavy atom. The van der Waals surface area contributed by atoms with E-state index < -0.39 is 11.6 Å². The van der Waals surface area contributed by atoms with Crippen molar-refractivity contribution in [1.29, 1.82) is 0 Å². The molecule has 1 aromatic rings. The molecule has 1 rings (SSSR count). The van der Waals surface area contributed by atoms with Crippen molar-refractivity contribution in [3.8, 4) is 0 Å². The number of hydrogen-bond acceptors (Lipinski definition) is 2. The summed E-state index contributed by atoms with van der Waals surface area (Å²) in [5.41, 5.74) is 0.742. The normalized spacial score (nSPS) is 12.7. The summed E-state index contributed by atoms with van der Waals surface area (Å²) in [5, 5.41) is 3.07. The van der Waals surface area contributed by atoms with Crippen molar-refractivity contribution < 1.29 is 13.5 Å². The molecule has 1 atom stereocenters. The summed E-state index contributed by atoms with van der Waals surface area (Å²) in [6.45, 7) is 3.39. The van der Waals surface area contributed by atoms with Gasteiger partial charge in [-0.05, 0) is 37.6 Å². The van der Waals surface area contributed by atoms with Crippen LogP contribution < -0.4 is 5.32 Å². The topological polar surface area (TPSA) is 21.3 Å². The van der Waals surface area contributed by atoms with Gasteiger partial charge < -0.3 is 10.1 Å². The highest BCUT2D eigenvalue weighted by molar-refractivity contribution is 5.21. The number of benzene rings is 1. The molecular formula is C13H19F2NO. The van der Waals surface area contributed by atoms with E-state index in [0.717, 1.165) is 31.1 Å². The predicted molar refractivity (Wildman–Crippen MR) is 63.9 cm³/mol. The van der Waals surface area contributed by atoms with Crippen LogP contribution in [0.25, 0.3) is 0 Å². The zero-order valence-corrected chi connectivity index (χ0v) is 10.3. The van der Waals surface area contributed by atoms with Crippen LogP contribution in [0.4, 0.5) is 8.78 Å². The fourth-order valence-corrected chi connectivity index (χ4v) is 1.65. The number of rotatable bonds is 7. The Labute approximate surface area is 101 Å². The van der Waals surface area contributed by atoms with Crippen LogP contribution in [0, 0.1) is 11.6 Å². The van der Waals surface area contributed by atoms with E-state index in [4.69, 9.17) is 4.74 Å². The Kier molecular flexibility index (Phi) is 6.08. The lowest BCUT2D eigenvalue weighted by Gasteiger charge is -2.16. The smallest absolute Gasteiger partial charge is 0.159 e. The molecule has 0 aliphatic heterocycles. The Morgan fingerprint density at radius 3 is 2.59 bits per heavy atom. The van der Waals surface area contributed by atoms with E-state index >= 15 is 0 Å². The molecule has 0 amide bonds. The van der Waals surface area contributed by atoms with Crippen LogP contribution in [0.2, 0.25) is 0 Å². The maximum atomic E-state index is 13.1. The van der Waals surface area contributed by atoms with Crippen LogP contribution in [0.5, 0.6) is 0 Å². The van der Waals surface area contributed by atoms with Gasteiger partial charge >= 0.3 is 0 Å². The molecule has 1 N–H and O–H groups in total. The minimum Gasteiger partial charge on any atom is -0.381 e. The summed E-state index contributed by atoms with van der Waals surface area (Å²) in [5.74, 6) is -1.62. The Bertz CT molecular complexity index is 344. The van der Waals surface area contributed by atoms with Crippen LogP contribution >= 0.6 is 0 Å². The van der Waals surface area contributed by atoms with E-state index in [1.165, 1.54) is 6.07 Å². The van der Waals surface area contributed by atoms with Gasteiger partial charge in [-0.2, -0.15) is 0 Å². The van der Waals surface area contributed by atoms with Crippen molar-refractivity contribution >= 4 is 0 Å². The van der Waals surface area contributed by atoms with Crippen molar-refractivity contribution in [3.05, 3.63) is 35.4 Å². The molecule has 0 fully saturated rings. The molecular weight excluding hydrogens is 224 g/mol. The first-order chi connectivity index (χ1) is 8.19. The second-order valence-electron chi connectivity index (χ2n) is 3.92. The monoisotopic (exact) mass is 243 g/mol. The molecule has 0 radical (unpaired) electrons. The van der Waals surface area contributed by atoms with Gasteiger partial charge in [0.15, 0.2) is 11.6 Å². The number of halogens is 2. The number of ether oxygens (including phenoxy) is 1. The van der Waals surface area contributed by atoms with Gasteiger partial charge in [-0.3, -0.25) is 0 Å². The Morgan fingerprint density at radius 2 is 2.00 bits per heavy atom. The predicted octanol–water partition coefficient (Wildman–Crippen LogP) is 3.04. The molecule has 0 spiro atoms. The van der Waals surface area contributed by atoms with Gasteiger partial charge in [0.25, 0.3) is 0 Å². The molecule has 96 valence electrons. The molecule has 0 aliphatic rings. The average molecular weight is 243 g/mol. The zero-order valence-electron chi connectivity index (χ0n) is 10.3. The third-order valence-electron chi connectivity index (χ3n) is 2.59. The van der Waals surface area contributed by atoms with Gasteiger partial charge in [0, 0.05) is 19.3 Å². The molecule has 4 heteroatoms. The Balaban J connectivity index is 2.56. The van der Waals surface area contributed by atoms with Gasteiger partial charge in [0.2, 0.25) is 0 Å². The molecule has 1 aromatic carbocycles. The summed E-state index contributed by atoms with van der Waals surface area (Å²) < 4.78 is 31.3. The standard InChI is InChI=1S/C13H19F2NO/c1-3-7-17-8-6-13(16-2)10-4-5-11(14)12(15)9-10/h4-5,9,13,16H,3,6-8H2,1-2H3. The van der Waals surface area contributed by atoms with Gasteiger partial charge in [0.1, 0.15) is 0 Å².